The summed E-state index contributed by atoms with van der Waals surface area (Å²) in [5, 5.41) is 0. The Bertz CT molecular complexity index is 677. The summed E-state index contributed by atoms with van der Waals surface area (Å²) < 4.78 is 5.85. The van der Waals surface area contributed by atoms with Crippen LogP contribution in [0.5, 0.6) is 0 Å². The lowest BCUT2D eigenvalue weighted by Gasteiger charge is -2.29. The Labute approximate surface area is 143 Å². The Morgan fingerprint density at radius 2 is 1.96 bits per heavy atom. The van der Waals surface area contributed by atoms with Crippen molar-refractivity contribution in [2.75, 3.05) is 20.1 Å². The highest BCUT2D eigenvalue weighted by Gasteiger charge is 2.21. The van der Waals surface area contributed by atoms with Crippen molar-refractivity contribution in [3.8, 4) is 11.3 Å². The van der Waals surface area contributed by atoms with E-state index in [4.69, 9.17) is 10.2 Å². The zero-order valence-electron chi connectivity index (χ0n) is 15.0. The van der Waals surface area contributed by atoms with Crippen molar-refractivity contribution in [1.82, 2.24) is 9.88 Å². The molecule has 0 saturated heterocycles. The zero-order valence-corrected chi connectivity index (χ0v) is 15.0. The third-order valence-corrected chi connectivity index (χ3v) is 4.07. The van der Waals surface area contributed by atoms with E-state index in [9.17, 15) is 4.79 Å². The molecule has 5 heteroatoms. The Morgan fingerprint density at radius 3 is 2.58 bits per heavy atom. The van der Waals surface area contributed by atoms with Gasteiger partial charge < -0.3 is 15.1 Å². The van der Waals surface area contributed by atoms with Gasteiger partial charge in [0.25, 0.3) is 0 Å². The number of hydrogen-bond acceptors (Lipinski definition) is 4. The highest BCUT2D eigenvalue weighted by atomic mass is 16.4. The maximum Gasteiger partial charge on any atom is 0.222 e. The van der Waals surface area contributed by atoms with Crippen LogP contribution >= 0.6 is 0 Å². The zero-order chi connectivity index (χ0) is 17.7. The summed E-state index contributed by atoms with van der Waals surface area (Å²) in [6.07, 6.45) is 0.880. The van der Waals surface area contributed by atoms with Crippen molar-refractivity contribution in [2.45, 2.75) is 33.6 Å². The number of aromatic nitrogens is 1. The maximum atomic E-state index is 12.3. The molecule has 0 radical (unpaired) electrons. The van der Waals surface area contributed by atoms with Crippen LogP contribution in [-0.2, 0) is 11.2 Å². The molecule has 1 aromatic heterocycles. The second-order valence-electron chi connectivity index (χ2n) is 7.01. The van der Waals surface area contributed by atoms with E-state index in [2.05, 4.69) is 18.8 Å². The molecule has 2 rings (SSSR count). The number of hydrogen-bond donors (Lipinski definition) is 1. The molecule has 0 atom stereocenters. The summed E-state index contributed by atoms with van der Waals surface area (Å²) in [6.45, 7) is 7.22. The van der Waals surface area contributed by atoms with Crippen molar-refractivity contribution >= 4 is 5.91 Å². The van der Waals surface area contributed by atoms with E-state index in [0.717, 1.165) is 17.0 Å². The number of carbonyl (C=O) groups is 1. The first-order valence-corrected chi connectivity index (χ1v) is 8.28. The minimum absolute atomic E-state index is 0.0774. The molecule has 2 aromatic rings. The third-order valence-electron chi connectivity index (χ3n) is 4.07. The van der Waals surface area contributed by atoms with Crippen molar-refractivity contribution in [2.24, 2.45) is 11.1 Å². The molecule has 24 heavy (non-hydrogen) atoms. The number of oxazole rings is 1. The SMILES string of the molecule is Cc1nc(CCC(=O)N(C)CC(C)(C)CN)oc1-c1ccccc1. The molecule has 0 aliphatic heterocycles. The van der Waals surface area contributed by atoms with Gasteiger partial charge in [0, 0.05) is 32.0 Å². The van der Waals surface area contributed by atoms with Crippen LogP contribution in [0.25, 0.3) is 11.3 Å². The smallest absolute Gasteiger partial charge is 0.222 e. The predicted octanol–water partition coefficient (Wildman–Crippen LogP) is 3.03. The van der Waals surface area contributed by atoms with Gasteiger partial charge in [0.1, 0.15) is 0 Å². The van der Waals surface area contributed by atoms with E-state index in [1.807, 2.05) is 44.3 Å². The summed E-state index contributed by atoms with van der Waals surface area (Å²) in [6, 6.07) is 9.88. The van der Waals surface area contributed by atoms with E-state index < -0.39 is 0 Å². The summed E-state index contributed by atoms with van der Waals surface area (Å²) >= 11 is 0. The van der Waals surface area contributed by atoms with Crippen LogP contribution < -0.4 is 5.73 Å². The maximum absolute atomic E-state index is 12.3. The topological polar surface area (TPSA) is 72.4 Å². The predicted molar refractivity (Wildman–Crippen MR) is 95.5 cm³/mol. The Hall–Kier alpha value is -2.14. The van der Waals surface area contributed by atoms with Gasteiger partial charge in [-0.05, 0) is 18.9 Å². The Morgan fingerprint density at radius 1 is 1.29 bits per heavy atom. The first kappa shape index (κ1) is 18.2. The fourth-order valence-electron chi connectivity index (χ4n) is 2.62. The number of rotatable bonds is 7. The van der Waals surface area contributed by atoms with Crippen LogP contribution in [0, 0.1) is 12.3 Å². The average Bonchev–Trinajstić information content (AvgIpc) is 2.94. The van der Waals surface area contributed by atoms with Crippen molar-refractivity contribution in [3.63, 3.8) is 0 Å². The van der Waals surface area contributed by atoms with Gasteiger partial charge in [0.05, 0.1) is 5.69 Å². The summed E-state index contributed by atoms with van der Waals surface area (Å²) in [4.78, 5) is 18.5. The Kier molecular flexibility index (Phi) is 5.78. The van der Waals surface area contributed by atoms with Crippen LogP contribution in [0.2, 0.25) is 0 Å². The van der Waals surface area contributed by atoms with Crippen LogP contribution in [0.3, 0.4) is 0 Å². The molecule has 1 amide bonds. The fourth-order valence-corrected chi connectivity index (χ4v) is 2.62. The quantitative estimate of drug-likeness (QED) is 0.847. The Balaban J connectivity index is 1.97. The third kappa shape index (κ3) is 4.68. The number of aryl methyl sites for hydroxylation is 2. The molecule has 0 fully saturated rings. The molecular formula is C19H27N3O2. The second-order valence-corrected chi connectivity index (χ2v) is 7.01. The lowest BCUT2D eigenvalue weighted by Crippen LogP contribution is -2.39. The first-order valence-electron chi connectivity index (χ1n) is 8.28. The van der Waals surface area contributed by atoms with Gasteiger partial charge in [0.2, 0.25) is 5.91 Å². The molecule has 2 N–H and O–H groups in total. The molecule has 1 heterocycles. The van der Waals surface area contributed by atoms with Crippen molar-refractivity contribution < 1.29 is 9.21 Å². The minimum Gasteiger partial charge on any atom is -0.440 e. The van der Waals surface area contributed by atoms with Crippen LogP contribution in [-0.4, -0.2) is 35.9 Å². The molecule has 0 bridgehead atoms. The number of nitrogens with zero attached hydrogens (tertiary/aromatic N) is 2. The lowest BCUT2D eigenvalue weighted by atomic mass is 9.93. The van der Waals surface area contributed by atoms with Gasteiger partial charge >= 0.3 is 0 Å². The second kappa shape index (κ2) is 7.62. The lowest BCUT2D eigenvalue weighted by molar-refractivity contribution is -0.131. The highest BCUT2D eigenvalue weighted by Crippen LogP contribution is 2.24. The van der Waals surface area contributed by atoms with Crippen LogP contribution in [0.1, 0.15) is 31.9 Å². The van der Waals surface area contributed by atoms with E-state index in [0.29, 0.717) is 31.8 Å². The summed E-state index contributed by atoms with van der Waals surface area (Å²) in [7, 11) is 1.82. The van der Waals surface area contributed by atoms with E-state index in [-0.39, 0.29) is 11.3 Å². The van der Waals surface area contributed by atoms with Crippen LogP contribution in [0.15, 0.2) is 34.7 Å². The first-order chi connectivity index (χ1) is 11.3. The van der Waals surface area contributed by atoms with E-state index in [1.54, 1.807) is 4.90 Å². The van der Waals surface area contributed by atoms with Gasteiger partial charge in [-0.25, -0.2) is 4.98 Å². The summed E-state index contributed by atoms with van der Waals surface area (Å²) in [5.74, 6) is 1.45. The van der Waals surface area contributed by atoms with Gasteiger partial charge in [-0.2, -0.15) is 0 Å². The van der Waals surface area contributed by atoms with E-state index in [1.165, 1.54) is 0 Å². The fraction of sp³-hybridized carbons (Fsp3) is 0.474. The summed E-state index contributed by atoms with van der Waals surface area (Å²) in [5.41, 5.74) is 7.50. The molecule has 0 aliphatic carbocycles. The molecule has 0 aliphatic rings. The number of benzene rings is 1. The average molecular weight is 329 g/mol. The van der Waals surface area contributed by atoms with E-state index >= 15 is 0 Å². The van der Waals surface area contributed by atoms with Crippen molar-refractivity contribution in [1.29, 1.82) is 0 Å². The monoisotopic (exact) mass is 329 g/mol. The normalized spacial score (nSPS) is 11.5. The molecule has 1 aromatic carbocycles. The minimum atomic E-state index is -0.0790. The molecule has 5 nitrogen and oxygen atoms in total. The molecule has 0 spiro atoms. The molecule has 130 valence electrons. The number of nitrogens with two attached hydrogens (primary N) is 1. The van der Waals surface area contributed by atoms with Gasteiger partial charge in [-0.15, -0.1) is 0 Å². The van der Waals surface area contributed by atoms with Gasteiger partial charge in [-0.1, -0.05) is 44.2 Å². The molecular weight excluding hydrogens is 302 g/mol. The molecule has 0 saturated carbocycles. The highest BCUT2D eigenvalue weighted by molar-refractivity contribution is 5.76. The number of amides is 1. The van der Waals surface area contributed by atoms with Crippen LogP contribution in [0.4, 0.5) is 0 Å². The molecule has 0 unspecified atom stereocenters. The number of carbonyl (C=O) groups excluding carboxylic acids is 1. The largest absolute Gasteiger partial charge is 0.440 e. The van der Waals surface area contributed by atoms with Crippen molar-refractivity contribution in [3.05, 3.63) is 41.9 Å². The van der Waals surface area contributed by atoms with Gasteiger partial charge in [-0.3, -0.25) is 4.79 Å². The van der Waals surface area contributed by atoms with Gasteiger partial charge in [0.15, 0.2) is 11.7 Å². The standard InChI is InChI=1S/C19H27N3O2/c1-14-18(15-8-6-5-7-9-15)24-16(21-14)10-11-17(23)22(4)13-19(2,3)12-20/h5-9H,10-13,20H2,1-4H3.